The molecule has 0 aliphatic rings. The Morgan fingerprint density at radius 1 is 1.27 bits per heavy atom. The Hall–Kier alpha value is -2.89. The summed E-state index contributed by atoms with van der Waals surface area (Å²) in [5.74, 6) is -1.08. The van der Waals surface area contributed by atoms with Gasteiger partial charge in [-0.15, -0.1) is 0 Å². The number of ether oxygens (including phenoxy) is 1. The minimum atomic E-state index is -0.987. The molecule has 0 bridgehead atoms. The van der Waals surface area contributed by atoms with Gasteiger partial charge in [-0.2, -0.15) is 0 Å². The zero-order chi connectivity index (χ0) is 15.9. The summed E-state index contributed by atoms with van der Waals surface area (Å²) < 4.78 is 22.7. The maximum absolute atomic E-state index is 12.8. The van der Waals surface area contributed by atoms with Crippen molar-refractivity contribution in [2.24, 2.45) is 0 Å². The molecular weight excluding hydrogens is 289 g/mol. The Kier molecular flexibility index (Phi) is 5.08. The number of furan rings is 1. The number of hydrogen-bond acceptors (Lipinski definition) is 4. The number of anilines is 1. The molecule has 2 rings (SSSR count). The Morgan fingerprint density at radius 3 is 2.64 bits per heavy atom. The highest BCUT2D eigenvalue weighted by molar-refractivity contribution is 5.96. The van der Waals surface area contributed by atoms with Crippen LogP contribution in [0.1, 0.15) is 12.7 Å². The zero-order valence-corrected chi connectivity index (χ0v) is 11.8. The molecule has 0 aliphatic heterocycles. The van der Waals surface area contributed by atoms with Crippen molar-refractivity contribution >= 4 is 23.6 Å². The molecule has 1 amide bonds. The molecule has 0 fully saturated rings. The lowest BCUT2D eigenvalue weighted by atomic mass is 10.3. The average molecular weight is 303 g/mol. The fraction of sp³-hybridized carbons (Fsp3) is 0.125. The topological polar surface area (TPSA) is 68.5 Å². The first kappa shape index (κ1) is 15.5. The number of hydrogen-bond donors (Lipinski definition) is 1. The largest absolute Gasteiger partial charge is 0.465 e. The fourth-order valence-corrected chi connectivity index (χ4v) is 1.58. The number of rotatable bonds is 5. The van der Waals surface area contributed by atoms with Gasteiger partial charge in [0, 0.05) is 11.8 Å². The van der Waals surface area contributed by atoms with Crippen LogP contribution in [0.25, 0.3) is 6.08 Å². The third-order valence-electron chi connectivity index (χ3n) is 2.70. The number of amides is 1. The van der Waals surface area contributed by atoms with Gasteiger partial charge in [-0.05, 0) is 49.4 Å². The summed E-state index contributed by atoms with van der Waals surface area (Å²) in [6.45, 7) is 1.44. The number of benzene rings is 1. The molecule has 1 atom stereocenters. The van der Waals surface area contributed by atoms with Gasteiger partial charge in [-0.25, -0.2) is 9.18 Å². The van der Waals surface area contributed by atoms with E-state index in [2.05, 4.69) is 5.32 Å². The lowest BCUT2D eigenvalue weighted by molar-refractivity contribution is -0.148. The first-order valence-electron chi connectivity index (χ1n) is 6.53. The number of halogens is 1. The molecule has 1 aromatic heterocycles. The van der Waals surface area contributed by atoms with Gasteiger partial charge < -0.3 is 14.5 Å². The van der Waals surface area contributed by atoms with Crippen molar-refractivity contribution in [2.75, 3.05) is 5.32 Å². The standard InChI is InChI=1S/C16H14FNO4/c1-11(16(20)18-13-6-4-12(17)5-7-13)22-15(19)9-8-14-3-2-10-21-14/h2-11H,1H3,(H,18,20)/b9-8+/t11-/m0/s1. The smallest absolute Gasteiger partial charge is 0.331 e. The van der Waals surface area contributed by atoms with Crippen LogP contribution in [-0.2, 0) is 14.3 Å². The molecule has 1 aromatic carbocycles. The molecular formula is C16H14FNO4. The Bertz CT molecular complexity index is 662. The lowest BCUT2D eigenvalue weighted by Crippen LogP contribution is -2.29. The highest BCUT2D eigenvalue weighted by atomic mass is 19.1. The first-order chi connectivity index (χ1) is 10.5. The fourth-order valence-electron chi connectivity index (χ4n) is 1.58. The van der Waals surface area contributed by atoms with Crippen molar-refractivity contribution in [3.8, 4) is 0 Å². The van der Waals surface area contributed by atoms with Gasteiger partial charge in [0.05, 0.1) is 6.26 Å². The van der Waals surface area contributed by atoms with E-state index >= 15 is 0 Å². The Balaban J connectivity index is 1.85. The van der Waals surface area contributed by atoms with E-state index in [1.165, 1.54) is 49.6 Å². The van der Waals surface area contributed by atoms with Gasteiger partial charge >= 0.3 is 5.97 Å². The predicted molar refractivity (Wildman–Crippen MR) is 78.3 cm³/mol. The minimum Gasteiger partial charge on any atom is -0.465 e. The molecule has 0 radical (unpaired) electrons. The molecule has 0 spiro atoms. The monoisotopic (exact) mass is 303 g/mol. The van der Waals surface area contributed by atoms with Crippen molar-refractivity contribution in [1.29, 1.82) is 0 Å². The van der Waals surface area contributed by atoms with Crippen LogP contribution in [0, 0.1) is 5.82 Å². The van der Waals surface area contributed by atoms with E-state index in [0.29, 0.717) is 11.4 Å². The Labute approximate surface area is 126 Å². The molecule has 114 valence electrons. The summed E-state index contributed by atoms with van der Waals surface area (Å²) in [6.07, 6.45) is 3.09. The van der Waals surface area contributed by atoms with Gasteiger partial charge in [0.2, 0.25) is 0 Å². The second kappa shape index (κ2) is 7.21. The minimum absolute atomic E-state index is 0.402. The molecule has 6 heteroatoms. The molecule has 5 nitrogen and oxygen atoms in total. The summed E-state index contributed by atoms with van der Waals surface area (Å²) in [7, 11) is 0. The third-order valence-corrected chi connectivity index (χ3v) is 2.70. The van der Waals surface area contributed by atoms with E-state index in [4.69, 9.17) is 9.15 Å². The number of nitrogens with one attached hydrogen (secondary N) is 1. The van der Waals surface area contributed by atoms with Gasteiger partial charge in [-0.3, -0.25) is 4.79 Å². The molecule has 0 saturated carbocycles. The molecule has 0 unspecified atom stereocenters. The van der Waals surface area contributed by atoms with Gasteiger partial charge in [0.15, 0.2) is 6.10 Å². The van der Waals surface area contributed by atoms with Crippen LogP contribution in [0.5, 0.6) is 0 Å². The van der Waals surface area contributed by atoms with Crippen molar-refractivity contribution in [3.63, 3.8) is 0 Å². The highest BCUT2D eigenvalue weighted by Gasteiger charge is 2.16. The maximum atomic E-state index is 12.8. The molecule has 0 aliphatic carbocycles. The number of carbonyl (C=O) groups is 2. The molecule has 1 N–H and O–H groups in total. The lowest BCUT2D eigenvalue weighted by Gasteiger charge is -2.12. The van der Waals surface area contributed by atoms with E-state index in [9.17, 15) is 14.0 Å². The van der Waals surface area contributed by atoms with Crippen molar-refractivity contribution in [2.45, 2.75) is 13.0 Å². The van der Waals surface area contributed by atoms with Crippen LogP contribution >= 0.6 is 0 Å². The summed E-state index contributed by atoms with van der Waals surface area (Å²) in [4.78, 5) is 23.4. The SMILES string of the molecule is C[C@H](OC(=O)/C=C/c1ccco1)C(=O)Nc1ccc(F)cc1. The predicted octanol–water partition coefficient (Wildman–Crippen LogP) is 3.00. The van der Waals surface area contributed by atoms with Crippen LogP contribution in [0.2, 0.25) is 0 Å². The van der Waals surface area contributed by atoms with E-state index < -0.39 is 23.8 Å². The van der Waals surface area contributed by atoms with Gasteiger partial charge in [0.25, 0.3) is 5.91 Å². The van der Waals surface area contributed by atoms with E-state index in [0.717, 1.165) is 0 Å². The number of carbonyl (C=O) groups excluding carboxylic acids is 2. The molecule has 1 heterocycles. The van der Waals surface area contributed by atoms with E-state index in [1.807, 2.05) is 0 Å². The zero-order valence-electron chi connectivity index (χ0n) is 11.8. The highest BCUT2D eigenvalue weighted by Crippen LogP contribution is 2.09. The van der Waals surface area contributed by atoms with Gasteiger partial charge in [-0.1, -0.05) is 0 Å². The maximum Gasteiger partial charge on any atom is 0.331 e. The van der Waals surface area contributed by atoms with Gasteiger partial charge in [0.1, 0.15) is 11.6 Å². The molecule has 0 saturated heterocycles. The normalized spacial score (nSPS) is 12.1. The second-order valence-electron chi connectivity index (χ2n) is 4.42. The van der Waals surface area contributed by atoms with Crippen LogP contribution < -0.4 is 5.32 Å². The molecule has 2 aromatic rings. The van der Waals surface area contributed by atoms with Crippen molar-refractivity contribution in [1.82, 2.24) is 0 Å². The number of esters is 1. The third kappa shape index (κ3) is 4.59. The summed E-state index contributed by atoms with van der Waals surface area (Å²) in [5.41, 5.74) is 0.417. The van der Waals surface area contributed by atoms with Crippen LogP contribution in [0.3, 0.4) is 0 Å². The first-order valence-corrected chi connectivity index (χ1v) is 6.53. The second-order valence-corrected chi connectivity index (χ2v) is 4.42. The van der Waals surface area contributed by atoms with Crippen molar-refractivity contribution in [3.05, 3.63) is 60.3 Å². The van der Waals surface area contributed by atoms with Crippen molar-refractivity contribution < 1.29 is 23.1 Å². The summed E-state index contributed by atoms with van der Waals surface area (Å²) in [5, 5.41) is 2.52. The summed E-state index contributed by atoms with van der Waals surface area (Å²) in [6, 6.07) is 8.63. The Morgan fingerprint density at radius 2 is 2.00 bits per heavy atom. The van der Waals surface area contributed by atoms with E-state index in [1.54, 1.807) is 12.1 Å². The molecule has 22 heavy (non-hydrogen) atoms. The van der Waals surface area contributed by atoms with Crippen LogP contribution in [0.4, 0.5) is 10.1 Å². The average Bonchev–Trinajstić information content (AvgIpc) is 3.01. The quantitative estimate of drug-likeness (QED) is 0.681. The summed E-state index contributed by atoms with van der Waals surface area (Å²) >= 11 is 0. The van der Waals surface area contributed by atoms with E-state index in [-0.39, 0.29) is 0 Å². The van der Waals surface area contributed by atoms with Crippen LogP contribution in [0.15, 0.2) is 53.2 Å². The van der Waals surface area contributed by atoms with Crippen LogP contribution in [-0.4, -0.2) is 18.0 Å².